The number of aryl methyl sites for hydroxylation is 1. The van der Waals surface area contributed by atoms with Crippen LogP contribution in [0.2, 0.25) is 0 Å². The number of ether oxygens (including phenoxy) is 1. The first kappa shape index (κ1) is 10.4. The lowest BCUT2D eigenvalue weighted by molar-refractivity contribution is 0.0526. The number of hydrogen-bond acceptors (Lipinski definition) is 3. The molecule has 3 heteroatoms. The highest BCUT2D eigenvalue weighted by molar-refractivity contribution is 5.91. The van der Waals surface area contributed by atoms with Crippen LogP contribution in [0.1, 0.15) is 33.2 Å². The van der Waals surface area contributed by atoms with E-state index in [-0.39, 0.29) is 5.97 Å². The van der Waals surface area contributed by atoms with E-state index in [0.717, 1.165) is 11.8 Å². The molecule has 0 amide bonds. The van der Waals surface area contributed by atoms with Gasteiger partial charge in [-0.25, -0.2) is 4.79 Å². The average molecular weight is 192 g/mol. The van der Waals surface area contributed by atoms with Gasteiger partial charge in [-0.3, -0.25) is 4.79 Å². The maximum Gasteiger partial charge on any atom is 0.338 e. The van der Waals surface area contributed by atoms with Crippen LogP contribution in [-0.2, 0) is 4.74 Å². The molecule has 1 aromatic carbocycles. The van der Waals surface area contributed by atoms with E-state index in [9.17, 15) is 9.59 Å². The highest BCUT2D eigenvalue weighted by Crippen LogP contribution is 2.09. The van der Waals surface area contributed by atoms with Crippen LogP contribution in [-0.4, -0.2) is 18.9 Å². The molecule has 1 rings (SSSR count). The fraction of sp³-hybridized carbons (Fsp3) is 0.273. The van der Waals surface area contributed by atoms with Crippen molar-refractivity contribution in [3.05, 3.63) is 34.9 Å². The summed E-state index contributed by atoms with van der Waals surface area (Å²) in [6.07, 6.45) is 0.718. The molecule has 0 heterocycles. The molecular formula is C11H12O3. The van der Waals surface area contributed by atoms with Crippen molar-refractivity contribution in [2.45, 2.75) is 13.8 Å². The third-order valence-corrected chi connectivity index (χ3v) is 1.75. The number of esters is 1. The second-order valence-corrected chi connectivity index (χ2v) is 2.97. The van der Waals surface area contributed by atoms with Gasteiger partial charge in [0.25, 0.3) is 0 Å². The van der Waals surface area contributed by atoms with Crippen LogP contribution in [0.4, 0.5) is 0 Å². The first-order valence-electron chi connectivity index (χ1n) is 4.41. The molecule has 0 N–H and O–H groups in total. The van der Waals surface area contributed by atoms with Gasteiger partial charge in [0.05, 0.1) is 12.2 Å². The van der Waals surface area contributed by atoms with Crippen LogP contribution < -0.4 is 0 Å². The van der Waals surface area contributed by atoms with E-state index >= 15 is 0 Å². The summed E-state index contributed by atoms with van der Waals surface area (Å²) in [6.45, 7) is 3.91. The maximum atomic E-state index is 11.3. The second-order valence-electron chi connectivity index (χ2n) is 2.97. The SMILES string of the molecule is CCOC(=O)c1cc(C)cc(C=O)c1. The van der Waals surface area contributed by atoms with E-state index in [4.69, 9.17) is 4.74 Å². The van der Waals surface area contributed by atoms with Gasteiger partial charge in [-0.2, -0.15) is 0 Å². The van der Waals surface area contributed by atoms with Gasteiger partial charge in [0.1, 0.15) is 6.29 Å². The molecule has 0 aliphatic heterocycles. The van der Waals surface area contributed by atoms with Crippen LogP contribution in [0.25, 0.3) is 0 Å². The van der Waals surface area contributed by atoms with Gasteiger partial charge in [-0.1, -0.05) is 0 Å². The Morgan fingerprint density at radius 3 is 2.71 bits per heavy atom. The fourth-order valence-electron chi connectivity index (χ4n) is 1.21. The molecule has 0 aliphatic rings. The van der Waals surface area contributed by atoms with Gasteiger partial charge in [0, 0.05) is 5.56 Å². The maximum absolute atomic E-state index is 11.3. The molecule has 0 atom stereocenters. The fourth-order valence-corrected chi connectivity index (χ4v) is 1.21. The summed E-state index contributed by atoms with van der Waals surface area (Å²) >= 11 is 0. The number of benzene rings is 1. The topological polar surface area (TPSA) is 43.4 Å². The van der Waals surface area contributed by atoms with Crippen molar-refractivity contribution in [2.75, 3.05) is 6.61 Å². The first-order chi connectivity index (χ1) is 6.67. The number of carbonyl (C=O) groups is 2. The molecule has 0 spiro atoms. The van der Waals surface area contributed by atoms with Crippen LogP contribution in [0.3, 0.4) is 0 Å². The molecule has 74 valence electrons. The Balaban J connectivity index is 3.02. The minimum Gasteiger partial charge on any atom is -0.462 e. The zero-order chi connectivity index (χ0) is 10.6. The quantitative estimate of drug-likeness (QED) is 0.543. The Hall–Kier alpha value is -1.64. The smallest absolute Gasteiger partial charge is 0.338 e. The van der Waals surface area contributed by atoms with Crippen LogP contribution >= 0.6 is 0 Å². The minimum atomic E-state index is -0.390. The average Bonchev–Trinajstić information content (AvgIpc) is 2.17. The van der Waals surface area contributed by atoms with Gasteiger partial charge in [-0.15, -0.1) is 0 Å². The van der Waals surface area contributed by atoms with Crippen molar-refractivity contribution in [3.63, 3.8) is 0 Å². The standard InChI is InChI=1S/C11H12O3/c1-3-14-11(13)10-5-8(2)4-9(6-10)7-12/h4-7H,3H2,1-2H3. The summed E-state index contributed by atoms with van der Waals surface area (Å²) in [7, 11) is 0. The lowest BCUT2D eigenvalue weighted by Crippen LogP contribution is -2.05. The van der Waals surface area contributed by atoms with E-state index in [0.29, 0.717) is 17.7 Å². The highest BCUT2D eigenvalue weighted by atomic mass is 16.5. The van der Waals surface area contributed by atoms with Gasteiger partial charge >= 0.3 is 5.97 Å². The summed E-state index contributed by atoms with van der Waals surface area (Å²) in [5, 5.41) is 0. The Labute approximate surface area is 82.7 Å². The number of rotatable bonds is 3. The second kappa shape index (κ2) is 4.56. The normalized spacial score (nSPS) is 9.57. The van der Waals surface area contributed by atoms with E-state index in [2.05, 4.69) is 0 Å². The van der Waals surface area contributed by atoms with E-state index in [1.165, 1.54) is 6.07 Å². The Morgan fingerprint density at radius 2 is 2.14 bits per heavy atom. The molecule has 0 bridgehead atoms. The molecule has 0 saturated heterocycles. The molecule has 0 saturated carbocycles. The van der Waals surface area contributed by atoms with Gasteiger partial charge in [0.15, 0.2) is 0 Å². The summed E-state index contributed by atoms with van der Waals surface area (Å²) in [6, 6.07) is 4.94. The number of carbonyl (C=O) groups excluding carboxylic acids is 2. The third kappa shape index (κ3) is 2.42. The predicted molar refractivity (Wildman–Crippen MR) is 52.5 cm³/mol. The molecule has 0 aliphatic carbocycles. The molecule has 0 aromatic heterocycles. The molecular weight excluding hydrogens is 180 g/mol. The van der Waals surface area contributed by atoms with E-state index in [1.807, 2.05) is 6.92 Å². The third-order valence-electron chi connectivity index (χ3n) is 1.75. The van der Waals surface area contributed by atoms with Crippen molar-refractivity contribution in [1.29, 1.82) is 0 Å². The molecule has 1 aromatic rings. The highest BCUT2D eigenvalue weighted by Gasteiger charge is 2.07. The van der Waals surface area contributed by atoms with Gasteiger partial charge < -0.3 is 4.74 Å². The molecule has 14 heavy (non-hydrogen) atoms. The number of hydrogen-bond donors (Lipinski definition) is 0. The van der Waals surface area contributed by atoms with Crippen LogP contribution in [0, 0.1) is 6.92 Å². The van der Waals surface area contributed by atoms with Crippen molar-refractivity contribution in [3.8, 4) is 0 Å². The predicted octanol–water partition coefficient (Wildman–Crippen LogP) is 1.98. The summed E-state index contributed by atoms with van der Waals surface area (Å²) in [4.78, 5) is 21.9. The zero-order valence-corrected chi connectivity index (χ0v) is 8.24. The van der Waals surface area contributed by atoms with E-state index in [1.54, 1.807) is 19.1 Å². The zero-order valence-electron chi connectivity index (χ0n) is 8.24. The summed E-state index contributed by atoms with van der Waals surface area (Å²) < 4.78 is 4.83. The van der Waals surface area contributed by atoms with Gasteiger partial charge in [0.2, 0.25) is 0 Å². The van der Waals surface area contributed by atoms with Crippen LogP contribution in [0.15, 0.2) is 18.2 Å². The van der Waals surface area contributed by atoms with Crippen molar-refractivity contribution in [1.82, 2.24) is 0 Å². The Morgan fingerprint density at radius 1 is 1.43 bits per heavy atom. The Bertz CT molecular complexity index is 356. The monoisotopic (exact) mass is 192 g/mol. The van der Waals surface area contributed by atoms with Crippen LogP contribution in [0.5, 0.6) is 0 Å². The molecule has 0 radical (unpaired) electrons. The lowest BCUT2D eigenvalue weighted by Gasteiger charge is -2.03. The van der Waals surface area contributed by atoms with E-state index < -0.39 is 0 Å². The Kier molecular flexibility index (Phi) is 3.40. The molecule has 0 fully saturated rings. The molecule has 3 nitrogen and oxygen atoms in total. The first-order valence-corrected chi connectivity index (χ1v) is 4.41. The van der Waals surface area contributed by atoms with Crippen molar-refractivity contribution < 1.29 is 14.3 Å². The summed E-state index contributed by atoms with van der Waals surface area (Å²) in [5.41, 5.74) is 1.79. The van der Waals surface area contributed by atoms with Crippen molar-refractivity contribution in [2.24, 2.45) is 0 Å². The molecule has 0 unspecified atom stereocenters. The van der Waals surface area contributed by atoms with Gasteiger partial charge in [-0.05, 0) is 37.6 Å². The summed E-state index contributed by atoms with van der Waals surface area (Å²) in [5.74, 6) is -0.390. The lowest BCUT2D eigenvalue weighted by atomic mass is 10.1. The largest absolute Gasteiger partial charge is 0.462 e. The number of aldehydes is 1. The van der Waals surface area contributed by atoms with Crippen molar-refractivity contribution >= 4 is 12.3 Å². The minimum absolute atomic E-state index is 0.337.